The van der Waals surface area contributed by atoms with Gasteiger partial charge in [0.25, 0.3) is 5.91 Å². The number of oxime groups is 1. The number of ether oxygens (including phenoxy) is 1. The van der Waals surface area contributed by atoms with Crippen LogP contribution in [0.1, 0.15) is 82.8 Å². The second kappa shape index (κ2) is 16.9. The molecule has 18 heteroatoms. The highest BCUT2D eigenvalue weighted by Crippen LogP contribution is 2.48. The molecule has 318 valence electrons. The number of nitrogens with zero attached hydrogens (tertiary/aromatic N) is 2. The zero-order chi connectivity index (χ0) is 42.2. The van der Waals surface area contributed by atoms with E-state index >= 15 is 0 Å². The molecule has 15 nitrogen and oxygen atoms in total. The van der Waals surface area contributed by atoms with Crippen molar-refractivity contribution in [2.75, 3.05) is 13.7 Å². The van der Waals surface area contributed by atoms with Gasteiger partial charge in [0.05, 0.1) is 24.8 Å². The maximum atomic E-state index is 14.7. The van der Waals surface area contributed by atoms with Crippen molar-refractivity contribution in [3.63, 3.8) is 0 Å². The van der Waals surface area contributed by atoms with E-state index in [0.717, 1.165) is 41.5 Å². The lowest BCUT2D eigenvalue weighted by Gasteiger charge is -2.34. The average Bonchev–Trinajstić information content (AvgIpc) is 4.14. The number of likely N-dealkylation sites (tertiary alicyclic amines) is 1. The lowest BCUT2D eigenvalue weighted by molar-refractivity contribution is -0.143. The largest absolute Gasteiger partial charge is 0.453 e. The minimum atomic E-state index is -4.15. The highest BCUT2D eigenvalue weighted by atomic mass is 32.2. The molecule has 5 aliphatic rings. The van der Waals surface area contributed by atoms with E-state index in [1.165, 1.54) is 12.0 Å². The molecule has 5 amide bonds. The monoisotopic (exact) mass is 840 g/mol. The molecular weight excluding hydrogens is 791 g/mol. The number of hydrogen-bond donors (Lipinski definition) is 4. The summed E-state index contributed by atoms with van der Waals surface area (Å²) in [5, 5.41) is 11.5. The Bertz CT molecular complexity index is 2080. The van der Waals surface area contributed by atoms with Gasteiger partial charge in [0.2, 0.25) is 34.2 Å². The Labute approximate surface area is 341 Å². The predicted molar refractivity (Wildman–Crippen MR) is 210 cm³/mol. The molecule has 3 saturated carbocycles. The Morgan fingerprint density at radius 1 is 0.881 bits per heavy atom. The van der Waals surface area contributed by atoms with Gasteiger partial charge in [-0.25, -0.2) is 22.0 Å². The molecule has 59 heavy (non-hydrogen) atoms. The second-order valence-corrected chi connectivity index (χ2v) is 18.5. The van der Waals surface area contributed by atoms with Crippen molar-refractivity contribution in [3.8, 4) is 11.1 Å². The molecule has 0 spiro atoms. The average molecular weight is 841 g/mol. The van der Waals surface area contributed by atoms with Gasteiger partial charge in [-0.05, 0) is 55.1 Å². The van der Waals surface area contributed by atoms with E-state index in [1.54, 1.807) is 13.8 Å². The number of benzene rings is 2. The molecular formula is C41H50F2N6O9S. The zero-order valence-corrected chi connectivity index (χ0v) is 33.9. The van der Waals surface area contributed by atoms with E-state index in [0.29, 0.717) is 31.4 Å². The van der Waals surface area contributed by atoms with E-state index in [9.17, 15) is 41.2 Å². The van der Waals surface area contributed by atoms with Crippen molar-refractivity contribution in [3.05, 3.63) is 59.7 Å². The van der Waals surface area contributed by atoms with Crippen LogP contribution in [-0.4, -0.2) is 104 Å². The third kappa shape index (κ3) is 8.64. The van der Waals surface area contributed by atoms with Gasteiger partial charge >= 0.3 is 6.09 Å². The summed E-state index contributed by atoms with van der Waals surface area (Å²) in [5.41, 5.74) is 1.80. The van der Waals surface area contributed by atoms with E-state index in [-0.39, 0.29) is 18.9 Å². The maximum Gasteiger partial charge on any atom is 0.407 e. The summed E-state index contributed by atoms with van der Waals surface area (Å²) in [6, 6.07) is 11.6. The van der Waals surface area contributed by atoms with Gasteiger partial charge in [-0.3, -0.25) is 23.9 Å². The van der Waals surface area contributed by atoms with Crippen molar-refractivity contribution >= 4 is 45.5 Å². The van der Waals surface area contributed by atoms with Gasteiger partial charge in [-0.2, -0.15) is 0 Å². The Balaban J connectivity index is 1.17. The van der Waals surface area contributed by atoms with E-state index in [4.69, 9.17) is 9.57 Å². The van der Waals surface area contributed by atoms with Gasteiger partial charge in [0, 0.05) is 17.5 Å². The van der Waals surface area contributed by atoms with E-state index in [1.807, 2.05) is 53.3 Å². The van der Waals surface area contributed by atoms with Gasteiger partial charge in [0.15, 0.2) is 0 Å². The number of carbonyl (C=O) groups excluding carboxylic acids is 5. The summed E-state index contributed by atoms with van der Waals surface area (Å²) in [4.78, 5) is 76.0. The van der Waals surface area contributed by atoms with Crippen molar-refractivity contribution in [2.45, 2.75) is 113 Å². The Hall–Kier alpha value is -5.13. The number of sulfonamides is 1. The SMILES string of the molecule is COC(=O)N[C@H](C(=O)N[C@H](C(=O)N1C[C@H](ON=C2c3ccccc3-c3ccccc32)CC1C(=O)N[C@@]1(C(=O)NS(=O)(=O)C2CC2)C[C@H]1C(F)F)C(C)C)C1CCCCC1. The van der Waals surface area contributed by atoms with Crippen molar-refractivity contribution < 1.29 is 50.7 Å². The molecule has 0 bridgehead atoms. The van der Waals surface area contributed by atoms with Crippen LogP contribution >= 0.6 is 0 Å². The molecule has 6 atom stereocenters. The maximum absolute atomic E-state index is 14.7. The van der Waals surface area contributed by atoms with Crippen molar-refractivity contribution in [1.29, 1.82) is 0 Å². The number of alkyl halides is 2. The van der Waals surface area contributed by atoms with Crippen LogP contribution in [0.3, 0.4) is 0 Å². The Morgan fingerprint density at radius 3 is 2.03 bits per heavy atom. The van der Waals surface area contributed by atoms with Crippen LogP contribution in [0.25, 0.3) is 11.1 Å². The topological polar surface area (TPSA) is 202 Å². The first-order valence-electron chi connectivity index (χ1n) is 20.2. The first kappa shape index (κ1) is 42.0. The summed E-state index contributed by atoms with van der Waals surface area (Å²) < 4.78 is 60.5. The van der Waals surface area contributed by atoms with Crippen LogP contribution in [-0.2, 0) is 38.8 Å². The fourth-order valence-electron chi connectivity index (χ4n) is 8.61. The number of hydrogen-bond acceptors (Lipinski definition) is 10. The Morgan fingerprint density at radius 2 is 1.49 bits per heavy atom. The number of fused-ring (bicyclic) bond motifs is 3. The molecule has 1 aliphatic heterocycles. The van der Waals surface area contributed by atoms with Gasteiger partial charge in [-0.15, -0.1) is 0 Å². The quantitative estimate of drug-likeness (QED) is 0.175. The number of amides is 5. The van der Waals surface area contributed by atoms with E-state index in [2.05, 4.69) is 21.1 Å². The van der Waals surface area contributed by atoms with Crippen LogP contribution in [0.5, 0.6) is 0 Å². The van der Waals surface area contributed by atoms with Gasteiger partial charge in [0.1, 0.15) is 35.5 Å². The molecule has 7 rings (SSSR count). The summed E-state index contributed by atoms with van der Waals surface area (Å²) in [5.74, 6) is -5.98. The molecule has 4 N–H and O–H groups in total. The number of rotatable bonds is 14. The predicted octanol–water partition coefficient (Wildman–Crippen LogP) is 3.60. The Kier molecular flexibility index (Phi) is 12.0. The van der Waals surface area contributed by atoms with Crippen LogP contribution < -0.4 is 20.7 Å². The molecule has 2 aromatic carbocycles. The lowest BCUT2D eigenvalue weighted by Crippen LogP contribution is -2.61. The smallest absolute Gasteiger partial charge is 0.407 e. The van der Waals surface area contributed by atoms with Crippen molar-refractivity contribution in [1.82, 2.24) is 25.6 Å². The molecule has 0 aromatic heterocycles. The molecule has 4 aliphatic carbocycles. The standard InChI is InChI=1S/C41H50F2N6O9S/c1-22(2)32(44-37(51)33(45-40(54)57-3)23-11-5-4-6-12-23)38(52)49-21-24(58-47-34-28-15-9-7-13-26(28)27-14-8-10-16-29(27)34)19-31(49)36(50)46-41(20-30(41)35(42)43)39(53)48-59(55,56)25-17-18-25/h7-10,13-16,22-25,30-33,35H,4-6,11-12,17-21H2,1-3H3,(H,44,51)(H,45,54)(H,46,50)(H,48,53)/t24-,30+,31?,32+,33+,41+/m1/s1. The molecule has 4 fully saturated rings. The minimum Gasteiger partial charge on any atom is -0.453 e. The summed E-state index contributed by atoms with van der Waals surface area (Å²) in [6.07, 6.45) is -0.805. The van der Waals surface area contributed by atoms with Gasteiger partial charge < -0.3 is 30.4 Å². The number of carbonyl (C=O) groups is 5. The fraction of sp³-hybridized carbons (Fsp3) is 0.561. The summed E-state index contributed by atoms with van der Waals surface area (Å²) in [6.45, 7) is 3.18. The third-order valence-corrected chi connectivity index (χ3v) is 14.0. The minimum absolute atomic E-state index is 0.178. The normalized spacial score (nSPS) is 24.7. The molecule has 0 radical (unpaired) electrons. The van der Waals surface area contributed by atoms with Crippen LogP contribution in [0, 0.1) is 17.8 Å². The van der Waals surface area contributed by atoms with Crippen LogP contribution in [0.4, 0.5) is 13.6 Å². The van der Waals surface area contributed by atoms with Crippen molar-refractivity contribution in [2.24, 2.45) is 22.9 Å². The number of nitrogens with one attached hydrogen (secondary N) is 4. The fourth-order valence-corrected chi connectivity index (χ4v) is 9.97. The first-order valence-corrected chi connectivity index (χ1v) is 21.7. The molecule has 1 heterocycles. The molecule has 1 unspecified atom stereocenters. The first-order chi connectivity index (χ1) is 28.1. The lowest BCUT2D eigenvalue weighted by atomic mass is 9.83. The second-order valence-electron chi connectivity index (χ2n) is 16.5. The molecule has 1 saturated heterocycles. The van der Waals surface area contributed by atoms with Gasteiger partial charge in [-0.1, -0.05) is 86.8 Å². The summed E-state index contributed by atoms with van der Waals surface area (Å²) >= 11 is 0. The van der Waals surface area contributed by atoms with Crippen LogP contribution in [0.15, 0.2) is 53.7 Å². The highest BCUT2D eigenvalue weighted by Gasteiger charge is 2.67. The highest BCUT2D eigenvalue weighted by molar-refractivity contribution is 7.91. The zero-order valence-electron chi connectivity index (χ0n) is 33.1. The molecule has 2 aromatic rings. The van der Waals surface area contributed by atoms with E-state index < -0.39 is 99.4 Å². The summed E-state index contributed by atoms with van der Waals surface area (Å²) in [7, 11) is -2.97. The number of halogens is 2. The number of methoxy groups -OCH3 is 1. The third-order valence-electron chi connectivity index (χ3n) is 12.2. The number of alkyl carbamates (subject to hydrolysis) is 1. The van der Waals surface area contributed by atoms with Crippen LogP contribution in [0.2, 0.25) is 0 Å².